The molecule has 1 aromatic rings. The molecule has 0 radical (unpaired) electrons. The lowest BCUT2D eigenvalue weighted by Crippen LogP contribution is -2.04. The number of alkyl halides is 2. The topological polar surface area (TPSA) is 59.1 Å². The van der Waals surface area contributed by atoms with Gasteiger partial charge in [0.25, 0.3) is 6.43 Å². The van der Waals surface area contributed by atoms with Gasteiger partial charge in [-0.25, -0.2) is 13.8 Å². The molecule has 13 heavy (non-hydrogen) atoms. The smallest absolute Gasteiger partial charge is 0.265 e. The number of pyridine rings is 1. The van der Waals surface area contributed by atoms with Crippen molar-refractivity contribution >= 4 is 21.7 Å². The quantitative estimate of drug-likeness (QED) is 0.845. The normalized spacial score (nSPS) is 10.8. The number of aliphatic hydroxyl groups is 1. The number of nitrogens with two attached hydrogens (primary N) is 1. The van der Waals surface area contributed by atoms with E-state index in [9.17, 15) is 8.78 Å². The summed E-state index contributed by atoms with van der Waals surface area (Å²) >= 11 is 2.91. The first kappa shape index (κ1) is 10.3. The van der Waals surface area contributed by atoms with Crippen molar-refractivity contribution in [3.8, 4) is 0 Å². The lowest BCUT2D eigenvalue weighted by atomic mass is 10.1. The summed E-state index contributed by atoms with van der Waals surface area (Å²) in [5.74, 6) is -0.0685. The Morgan fingerprint density at radius 2 is 2.23 bits per heavy atom. The molecule has 1 aromatic heterocycles. The molecule has 1 rings (SSSR count). The summed E-state index contributed by atoms with van der Waals surface area (Å²) in [6.07, 6.45) is -1.49. The van der Waals surface area contributed by atoms with Crippen molar-refractivity contribution in [2.45, 2.75) is 13.0 Å². The Kier molecular flexibility index (Phi) is 3.16. The standard InChI is InChI=1S/C7H7BrF2N2O/c8-4-1-12-7(11)3(2-13)5(4)6(9)10/h1,6,13H,2H2,(H2,11,12). The molecule has 0 unspecified atom stereocenters. The van der Waals surface area contributed by atoms with Gasteiger partial charge in [-0.3, -0.25) is 0 Å². The van der Waals surface area contributed by atoms with E-state index in [2.05, 4.69) is 20.9 Å². The summed E-state index contributed by atoms with van der Waals surface area (Å²) in [7, 11) is 0. The lowest BCUT2D eigenvalue weighted by Gasteiger charge is -2.10. The molecule has 0 atom stereocenters. The number of hydrogen-bond donors (Lipinski definition) is 2. The zero-order valence-electron chi connectivity index (χ0n) is 6.47. The molecule has 3 N–H and O–H groups in total. The van der Waals surface area contributed by atoms with Crippen molar-refractivity contribution in [1.82, 2.24) is 4.98 Å². The molecule has 0 fully saturated rings. The molecule has 0 amide bonds. The van der Waals surface area contributed by atoms with Crippen molar-refractivity contribution in [2.75, 3.05) is 5.73 Å². The number of nitrogens with zero attached hydrogens (tertiary/aromatic N) is 1. The minimum absolute atomic E-state index is 0.0237. The number of hydrogen-bond acceptors (Lipinski definition) is 3. The number of aliphatic hydroxyl groups excluding tert-OH is 1. The average molecular weight is 253 g/mol. The van der Waals surface area contributed by atoms with Gasteiger partial charge in [-0.15, -0.1) is 0 Å². The highest BCUT2D eigenvalue weighted by atomic mass is 79.9. The van der Waals surface area contributed by atoms with Gasteiger partial charge in [0.1, 0.15) is 5.82 Å². The summed E-state index contributed by atoms with van der Waals surface area (Å²) in [4.78, 5) is 3.63. The van der Waals surface area contributed by atoms with Gasteiger partial charge in [-0.05, 0) is 15.9 Å². The van der Waals surface area contributed by atoms with Gasteiger partial charge in [0.15, 0.2) is 0 Å². The van der Waals surface area contributed by atoms with Crippen molar-refractivity contribution in [3.05, 3.63) is 21.8 Å². The van der Waals surface area contributed by atoms with Crippen LogP contribution in [0.3, 0.4) is 0 Å². The second-order valence-electron chi connectivity index (χ2n) is 2.34. The summed E-state index contributed by atoms with van der Waals surface area (Å²) in [6, 6.07) is 0. The third-order valence-electron chi connectivity index (χ3n) is 1.58. The molecule has 0 bridgehead atoms. The number of anilines is 1. The van der Waals surface area contributed by atoms with E-state index < -0.39 is 13.0 Å². The molecule has 0 aliphatic heterocycles. The van der Waals surface area contributed by atoms with E-state index >= 15 is 0 Å². The van der Waals surface area contributed by atoms with Crippen LogP contribution in [-0.4, -0.2) is 10.1 Å². The van der Waals surface area contributed by atoms with Crippen LogP contribution in [0.1, 0.15) is 17.6 Å². The van der Waals surface area contributed by atoms with Crippen LogP contribution in [0, 0.1) is 0 Å². The van der Waals surface area contributed by atoms with Crippen LogP contribution in [-0.2, 0) is 6.61 Å². The largest absolute Gasteiger partial charge is 0.392 e. The van der Waals surface area contributed by atoms with Crippen LogP contribution >= 0.6 is 15.9 Å². The zero-order chi connectivity index (χ0) is 10.0. The SMILES string of the molecule is Nc1ncc(Br)c(C(F)F)c1CO. The fourth-order valence-electron chi connectivity index (χ4n) is 0.958. The molecular formula is C7H7BrF2N2O. The number of rotatable bonds is 2. The molecule has 3 nitrogen and oxygen atoms in total. The van der Waals surface area contributed by atoms with E-state index in [1.54, 1.807) is 0 Å². The maximum absolute atomic E-state index is 12.4. The van der Waals surface area contributed by atoms with Crippen molar-refractivity contribution < 1.29 is 13.9 Å². The Morgan fingerprint density at radius 1 is 1.62 bits per heavy atom. The lowest BCUT2D eigenvalue weighted by molar-refractivity contribution is 0.146. The van der Waals surface area contributed by atoms with E-state index in [1.807, 2.05) is 0 Å². The van der Waals surface area contributed by atoms with Crippen LogP contribution in [0.25, 0.3) is 0 Å². The number of aromatic nitrogens is 1. The monoisotopic (exact) mass is 252 g/mol. The third kappa shape index (κ3) is 1.94. The fraction of sp³-hybridized carbons (Fsp3) is 0.286. The van der Waals surface area contributed by atoms with E-state index in [0.717, 1.165) is 0 Å². The first-order valence-corrected chi connectivity index (χ1v) is 4.19. The maximum atomic E-state index is 12.4. The van der Waals surface area contributed by atoms with Crippen LogP contribution in [0.5, 0.6) is 0 Å². The summed E-state index contributed by atoms with van der Waals surface area (Å²) < 4.78 is 25.0. The fourth-order valence-corrected chi connectivity index (χ4v) is 1.47. The summed E-state index contributed by atoms with van der Waals surface area (Å²) in [5.41, 5.74) is 4.99. The van der Waals surface area contributed by atoms with E-state index in [4.69, 9.17) is 10.8 Å². The minimum atomic E-state index is -2.68. The molecule has 0 aliphatic rings. The maximum Gasteiger partial charge on any atom is 0.265 e. The van der Waals surface area contributed by atoms with Crippen molar-refractivity contribution in [3.63, 3.8) is 0 Å². The molecule has 72 valence electrons. The van der Waals surface area contributed by atoms with Crippen LogP contribution < -0.4 is 5.73 Å². The van der Waals surface area contributed by atoms with Crippen LogP contribution in [0.4, 0.5) is 14.6 Å². The predicted octanol–water partition coefficient (Wildman–Crippen LogP) is 1.86. The highest BCUT2D eigenvalue weighted by molar-refractivity contribution is 9.10. The Hall–Kier alpha value is -0.750. The Balaban J connectivity index is 3.35. The van der Waals surface area contributed by atoms with E-state index in [1.165, 1.54) is 6.20 Å². The first-order chi connectivity index (χ1) is 6.07. The van der Waals surface area contributed by atoms with Crippen LogP contribution in [0.2, 0.25) is 0 Å². The summed E-state index contributed by atoms with van der Waals surface area (Å²) in [6.45, 7) is -0.544. The van der Waals surface area contributed by atoms with Gasteiger partial charge in [0.05, 0.1) is 6.61 Å². The van der Waals surface area contributed by atoms with Gasteiger partial charge < -0.3 is 10.8 Å². The van der Waals surface area contributed by atoms with Crippen molar-refractivity contribution in [2.24, 2.45) is 0 Å². The van der Waals surface area contributed by atoms with Crippen LogP contribution in [0.15, 0.2) is 10.7 Å². The van der Waals surface area contributed by atoms with E-state index in [0.29, 0.717) is 0 Å². The minimum Gasteiger partial charge on any atom is -0.392 e. The third-order valence-corrected chi connectivity index (χ3v) is 2.22. The average Bonchev–Trinajstić information content (AvgIpc) is 2.07. The first-order valence-electron chi connectivity index (χ1n) is 3.39. The van der Waals surface area contributed by atoms with Gasteiger partial charge >= 0.3 is 0 Å². The zero-order valence-corrected chi connectivity index (χ0v) is 8.05. The van der Waals surface area contributed by atoms with E-state index in [-0.39, 0.29) is 21.4 Å². The molecule has 1 heterocycles. The molecular weight excluding hydrogens is 246 g/mol. The predicted molar refractivity (Wildman–Crippen MR) is 47.2 cm³/mol. The summed E-state index contributed by atoms with van der Waals surface area (Å²) in [5, 5.41) is 8.80. The molecule has 0 aromatic carbocycles. The van der Waals surface area contributed by atoms with Gasteiger partial charge in [0, 0.05) is 21.8 Å². The molecule has 0 aliphatic carbocycles. The molecule has 6 heteroatoms. The highest BCUT2D eigenvalue weighted by Crippen LogP contribution is 2.32. The Morgan fingerprint density at radius 3 is 2.62 bits per heavy atom. The second kappa shape index (κ2) is 3.97. The van der Waals surface area contributed by atoms with Gasteiger partial charge in [-0.2, -0.15) is 0 Å². The number of nitrogen functional groups attached to an aromatic ring is 1. The van der Waals surface area contributed by atoms with Gasteiger partial charge in [0.2, 0.25) is 0 Å². The molecule has 0 saturated carbocycles. The molecule has 0 spiro atoms. The molecule has 0 saturated heterocycles. The van der Waals surface area contributed by atoms with Crippen molar-refractivity contribution in [1.29, 1.82) is 0 Å². The highest BCUT2D eigenvalue weighted by Gasteiger charge is 2.19. The van der Waals surface area contributed by atoms with Gasteiger partial charge in [-0.1, -0.05) is 0 Å². The Bertz CT molecular complexity index is 320. The second-order valence-corrected chi connectivity index (χ2v) is 3.20. The number of halogens is 3. The Labute approximate surface area is 81.7 Å².